The Morgan fingerprint density at radius 1 is 0.842 bits per heavy atom. The van der Waals surface area contributed by atoms with E-state index in [1.165, 1.54) is 32.1 Å². The predicted octanol–water partition coefficient (Wildman–Crippen LogP) is 2.85. The Morgan fingerprint density at radius 3 is 1.79 bits per heavy atom. The molecule has 0 bridgehead atoms. The minimum absolute atomic E-state index is 0.226. The second-order valence-corrected chi connectivity index (χ2v) is 5.76. The second kappa shape index (κ2) is 13.4. The van der Waals surface area contributed by atoms with Crippen LogP contribution in [0, 0.1) is 0 Å². The Labute approximate surface area is 127 Å². The lowest BCUT2D eigenvalue weighted by Crippen LogP contribution is -2.39. The Bertz CT molecular complexity index is 184. The van der Waals surface area contributed by atoms with Gasteiger partial charge < -0.3 is 10.2 Å². The fourth-order valence-corrected chi connectivity index (χ4v) is 2.26. The Hall–Kier alpha value is 0.460. The van der Waals surface area contributed by atoms with Gasteiger partial charge in [0, 0.05) is 24.8 Å². The number of nitrogens with zero attached hydrogens (tertiary/aromatic N) is 1. The van der Waals surface area contributed by atoms with Crippen molar-refractivity contribution >= 4 is 23.2 Å². The maximum Gasteiger partial charge on any atom is 0.0802 e. The van der Waals surface area contributed by atoms with Crippen molar-refractivity contribution < 1.29 is 10.2 Å². The molecule has 116 valence electrons. The Morgan fingerprint density at radius 2 is 1.32 bits per heavy atom. The molecule has 0 fully saturated rings. The van der Waals surface area contributed by atoms with Crippen LogP contribution >= 0.6 is 23.2 Å². The van der Waals surface area contributed by atoms with Crippen molar-refractivity contribution in [3.63, 3.8) is 0 Å². The summed E-state index contributed by atoms with van der Waals surface area (Å²) in [5.41, 5.74) is 0. The van der Waals surface area contributed by atoms with E-state index in [1.807, 2.05) is 0 Å². The maximum atomic E-state index is 9.60. The van der Waals surface area contributed by atoms with Gasteiger partial charge in [0.15, 0.2) is 0 Å². The maximum absolute atomic E-state index is 9.60. The average molecular weight is 314 g/mol. The molecule has 0 rings (SSSR count). The van der Waals surface area contributed by atoms with Crippen molar-refractivity contribution in [3.8, 4) is 0 Å². The summed E-state index contributed by atoms with van der Waals surface area (Å²) in [6.45, 7) is 4.11. The molecule has 0 aromatic rings. The van der Waals surface area contributed by atoms with Crippen LogP contribution in [0.4, 0.5) is 0 Å². The number of hydrogen-bond donors (Lipinski definition) is 2. The largest absolute Gasteiger partial charge is 0.391 e. The standard InChI is InChI=1S/C14H29Cl2NO2/c1-2-3-4-5-6-7-8-17(11-13(18)9-15)12-14(19)10-16/h13-14,18-19H,2-12H2,1H3. The highest BCUT2D eigenvalue weighted by molar-refractivity contribution is 6.18. The first kappa shape index (κ1) is 19.5. The van der Waals surface area contributed by atoms with E-state index in [0.717, 1.165) is 13.0 Å². The van der Waals surface area contributed by atoms with Crippen LogP contribution in [0.25, 0.3) is 0 Å². The molecular formula is C14H29Cl2NO2. The molecule has 0 amide bonds. The molecule has 0 aliphatic carbocycles. The summed E-state index contributed by atoms with van der Waals surface area (Å²) in [5.74, 6) is 0.452. The highest BCUT2D eigenvalue weighted by Gasteiger charge is 2.14. The lowest BCUT2D eigenvalue weighted by Gasteiger charge is -2.26. The fourth-order valence-electron chi connectivity index (χ4n) is 2.07. The van der Waals surface area contributed by atoms with Gasteiger partial charge in [-0.15, -0.1) is 23.2 Å². The van der Waals surface area contributed by atoms with E-state index < -0.39 is 12.2 Å². The number of halogens is 2. The van der Waals surface area contributed by atoms with Crippen molar-refractivity contribution in [2.24, 2.45) is 0 Å². The molecule has 5 heteroatoms. The molecule has 0 aromatic carbocycles. The summed E-state index contributed by atoms with van der Waals surface area (Å²) in [7, 11) is 0. The number of alkyl halides is 2. The number of hydrogen-bond acceptors (Lipinski definition) is 3. The quantitative estimate of drug-likeness (QED) is 0.406. The van der Waals surface area contributed by atoms with Crippen molar-refractivity contribution in [2.75, 3.05) is 31.4 Å². The minimum atomic E-state index is -0.538. The van der Waals surface area contributed by atoms with Gasteiger partial charge in [0.05, 0.1) is 12.2 Å². The smallest absolute Gasteiger partial charge is 0.0802 e. The first-order valence-corrected chi connectivity index (χ1v) is 8.41. The third-order valence-electron chi connectivity index (χ3n) is 3.12. The highest BCUT2D eigenvalue weighted by atomic mass is 35.5. The zero-order chi connectivity index (χ0) is 14.5. The van der Waals surface area contributed by atoms with Crippen molar-refractivity contribution in [3.05, 3.63) is 0 Å². The summed E-state index contributed by atoms with van der Waals surface area (Å²) in [5, 5.41) is 19.2. The molecule has 0 saturated carbocycles. The third kappa shape index (κ3) is 11.9. The molecule has 2 atom stereocenters. The van der Waals surface area contributed by atoms with Crippen LogP contribution in [0.1, 0.15) is 45.4 Å². The van der Waals surface area contributed by atoms with Gasteiger partial charge >= 0.3 is 0 Å². The van der Waals surface area contributed by atoms with Crippen LogP contribution < -0.4 is 0 Å². The van der Waals surface area contributed by atoms with E-state index >= 15 is 0 Å². The zero-order valence-electron chi connectivity index (χ0n) is 12.0. The molecule has 0 aliphatic heterocycles. The van der Waals surface area contributed by atoms with Gasteiger partial charge in [-0.1, -0.05) is 39.0 Å². The van der Waals surface area contributed by atoms with Gasteiger partial charge in [0.1, 0.15) is 0 Å². The van der Waals surface area contributed by atoms with Crippen LogP contribution in [0.2, 0.25) is 0 Å². The van der Waals surface area contributed by atoms with E-state index in [1.54, 1.807) is 0 Å². The predicted molar refractivity (Wildman–Crippen MR) is 83.3 cm³/mol. The van der Waals surface area contributed by atoms with E-state index in [2.05, 4.69) is 11.8 Å². The zero-order valence-corrected chi connectivity index (χ0v) is 13.5. The minimum Gasteiger partial charge on any atom is -0.391 e. The van der Waals surface area contributed by atoms with Crippen LogP contribution in [0.5, 0.6) is 0 Å². The molecule has 0 spiro atoms. The van der Waals surface area contributed by atoms with Crippen molar-refractivity contribution in [1.29, 1.82) is 0 Å². The molecule has 0 radical (unpaired) electrons. The molecule has 0 aromatic heterocycles. The molecule has 19 heavy (non-hydrogen) atoms. The summed E-state index contributed by atoms with van der Waals surface area (Å²) < 4.78 is 0. The SMILES string of the molecule is CCCCCCCCN(CC(O)CCl)CC(O)CCl. The molecular weight excluding hydrogens is 285 g/mol. The summed E-state index contributed by atoms with van der Waals surface area (Å²) in [4.78, 5) is 2.06. The normalized spacial score (nSPS) is 14.8. The number of aliphatic hydroxyl groups is 2. The van der Waals surface area contributed by atoms with Gasteiger partial charge in [-0.25, -0.2) is 0 Å². The molecule has 0 saturated heterocycles. The van der Waals surface area contributed by atoms with Crippen LogP contribution in [-0.4, -0.2) is 58.7 Å². The lowest BCUT2D eigenvalue weighted by molar-refractivity contribution is 0.0849. The second-order valence-electron chi connectivity index (χ2n) is 5.14. The van der Waals surface area contributed by atoms with Crippen LogP contribution in [0.3, 0.4) is 0 Å². The van der Waals surface area contributed by atoms with Gasteiger partial charge in [-0.2, -0.15) is 0 Å². The molecule has 3 nitrogen and oxygen atoms in total. The first-order chi connectivity index (χ1) is 9.13. The first-order valence-electron chi connectivity index (χ1n) is 7.34. The summed E-state index contributed by atoms with van der Waals surface area (Å²) in [6, 6.07) is 0. The number of unbranched alkanes of at least 4 members (excludes halogenated alkanes) is 5. The molecule has 0 heterocycles. The van der Waals surface area contributed by atoms with Gasteiger partial charge in [0.2, 0.25) is 0 Å². The Kier molecular flexibility index (Phi) is 13.8. The van der Waals surface area contributed by atoms with Gasteiger partial charge in [-0.05, 0) is 13.0 Å². The lowest BCUT2D eigenvalue weighted by atomic mass is 10.1. The summed E-state index contributed by atoms with van der Waals surface area (Å²) >= 11 is 11.2. The summed E-state index contributed by atoms with van der Waals surface area (Å²) in [6.07, 6.45) is 6.34. The van der Waals surface area contributed by atoms with E-state index in [4.69, 9.17) is 23.2 Å². The molecule has 0 aliphatic rings. The van der Waals surface area contributed by atoms with Crippen molar-refractivity contribution in [2.45, 2.75) is 57.7 Å². The van der Waals surface area contributed by atoms with Crippen LogP contribution in [-0.2, 0) is 0 Å². The van der Waals surface area contributed by atoms with E-state index in [9.17, 15) is 10.2 Å². The van der Waals surface area contributed by atoms with Gasteiger partial charge in [-0.3, -0.25) is 4.90 Å². The van der Waals surface area contributed by atoms with E-state index in [-0.39, 0.29) is 11.8 Å². The highest BCUT2D eigenvalue weighted by Crippen LogP contribution is 2.07. The Balaban J connectivity index is 3.84. The molecule has 2 N–H and O–H groups in total. The molecule has 2 unspecified atom stereocenters. The van der Waals surface area contributed by atoms with Crippen molar-refractivity contribution in [1.82, 2.24) is 4.90 Å². The number of aliphatic hydroxyl groups excluding tert-OH is 2. The topological polar surface area (TPSA) is 43.7 Å². The van der Waals surface area contributed by atoms with E-state index in [0.29, 0.717) is 13.1 Å². The monoisotopic (exact) mass is 313 g/mol. The third-order valence-corrected chi connectivity index (χ3v) is 3.83. The fraction of sp³-hybridized carbons (Fsp3) is 1.00. The van der Waals surface area contributed by atoms with Crippen LogP contribution in [0.15, 0.2) is 0 Å². The average Bonchev–Trinajstić information content (AvgIpc) is 2.41. The number of rotatable bonds is 13. The van der Waals surface area contributed by atoms with Gasteiger partial charge in [0.25, 0.3) is 0 Å².